The Morgan fingerprint density at radius 1 is 1.14 bits per heavy atom. The Morgan fingerprint density at radius 2 is 1.86 bits per heavy atom. The summed E-state index contributed by atoms with van der Waals surface area (Å²) in [4.78, 5) is 31.2. The van der Waals surface area contributed by atoms with E-state index in [2.05, 4.69) is 9.97 Å². The number of nitrogens with one attached hydrogen (secondary N) is 2. The van der Waals surface area contributed by atoms with Gasteiger partial charge in [-0.2, -0.15) is 12.7 Å². The number of aldehydes is 1. The van der Waals surface area contributed by atoms with Crippen LogP contribution in [0.4, 0.5) is 14.5 Å². The van der Waals surface area contributed by atoms with Gasteiger partial charge in [-0.25, -0.2) is 13.8 Å². The summed E-state index contributed by atoms with van der Waals surface area (Å²) >= 11 is 0. The predicted octanol–water partition coefficient (Wildman–Crippen LogP) is 4.16. The van der Waals surface area contributed by atoms with E-state index < -0.39 is 38.9 Å². The monoisotopic (exact) mass is 498 g/mol. The van der Waals surface area contributed by atoms with E-state index >= 15 is 4.39 Å². The van der Waals surface area contributed by atoms with Crippen LogP contribution in [0.25, 0.3) is 22.2 Å². The number of nitrogens with zero attached hydrogens (tertiary/aromatic N) is 2. The highest BCUT2D eigenvalue weighted by Crippen LogP contribution is 2.29. The van der Waals surface area contributed by atoms with Crippen molar-refractivity contribution in [2.75, 3.05) is 18.3 Å². The fourth-order valence-corrected chi connectivity index (χ4v) is 4.40. The molecule has 0 aliphatic carbocycles. The summed E-state index contributed by atoms with van der Waals surface area (Å²) < 4.78 is 57.5. The number of carbonyl (C=O) groups is 2. The number of hydrogen-bond acceptors (Lipinski definition) is 5. The Balaban J connectivity index is 1.77. The molecule has 0 fully saturated rings. The van der Waals surface area contributed by atoms with Crippen LogP contribution < -0.4 is 4.72 Å². The number of anilines is 1. The summed E-state index contributed by atoms with van der Waals surface area (Å²) in [5, 5.41) is 0.322. The first-order valence-corrected chi connectivity index (χ1v) is 11.9. The van der Waals surface area contributed by atoms with Crippen molar-refractivity contribution in [3.63, 3.8) is 0 Å². The van der Waals surface area contributed by atoms with Gasteiger partial charge in [0.2, 0.25) is 5.78 Å². The molecule has 0 aliphatic rings. The van der Waals surface area contributed by atoms with E-state index in [1.165, 1.54) is 13.2 Å². The van der Waals surface area contributed by atoms with Gasteiger partial charge in [0.15, 0.2) is 5.82 Å². The molecule has 0 saturated heterocycles. The molecule has 2 aromatic heterocycles. The van der Waals surface area contributed by atoms with Gasteiger partial charge in [0.1, 0.15) is 17.8 Å². The molecular formula is C24H20F2N4O4S. The molecule has 0 aliphatic heterocycles. The molecule has 180 valence electrons. The lowest BCUT2D eigenvalue weighted by atomic mass is 9.99. The summed E-state index contributed by atoms with van der Waals surface area (Å²) in [6.45, 7) is 1.71. The second-order valence-corrected chi connectivity index (χ2v) is 9.47. The van der Waals surface area contributed by atoms with Crippen molar-refractivity contribution in [1.29, 1.82) is 0 Å². The zero-order chi connectivity index (χ0) is 25.3. The number of halogens is 2. The van der Waals surface area contributed by atoms with Crippen LogP contribution in [0.2, 0.25) is 0 Å². The topological polar surface area (TPSA) is 112 Å². The number of aromatic nitrogens is 2. The van der Waals surface area contributed by atoms with E-state index in [-0.39, 0.29) is 12.1 Å². The van der Waals surface area contributed by atoms with Gasteiger partial charge in [-0.1, -0.05) is 31.2 Å². The highest BCUT2D eigenvalue weighted by Gasteiger charge is 2.27. The Kier molecular flexibility index (Phi) is 6.46. The minimum absolute atomic E-state index is 0.0395. The molecule has 0 atom stereocenters. The lowest BCUT2D eigenvalue weighted by molar-refractivity contribution is 0.103. The average molecular weight is 499 g/mol. The molecule has 2 heterocycles. The van der Waals surface area contributed by atoms with E-state index in [9.17, 15) is 22.4 Å². The zero-order valence-corrected chi connectivity index (χ0v) is 19.5. The number of fused-ring (bicyclic) bond motifs is 1. The van der Waals surface area contributed by atoms with Crippen LogP contribution >= 0.6 is 0 Å². The molecule has 2 N–H and O–H groups in total. The van der Waals surface area contributed by atoms with E-state index in [0.717, 1.165) is 22.0 Å². The second kappa shape index (κ2) is 9.35. The summed E-state index contributed by atoms with van der Waals surface area (Å²) in [5.74, 6) is -3.44. The van der Waals surface area contributed by atoms with Crippen molar-refractivity contribution in [2.45, 2.75) is 6.92 Å². The third-order valence-corrected chi connectivity index (χ3v) is 7.13. The summed E-state index contributed by atoms with van der Waals surface area (Å²) in [6.07, 6.45) is 3.56. The van der Waals surface area contributed by atoms with Crippen LogP contribution in [0.15, 0.2) is 54.9 Å². The third-order valence-electron chi connectivity index (χ3n) is 5.57. The predicted molar refractivity (Wildman–Crippen MR) is 128 cm³/mol. The fourth-order valence-electron chi connectivity index (χ4n) is 3.46. The third kappa shape index (κ3) is 4.55. The van der Waals surface area contributed by atoms with Crippen molar-refractivity contribution >= 4 is 39.0 Å². The molecular weight excluding hydrogens is 478 g/mol. The molecule has 0 spiro atoms. The molecule has 35 heavy (non-hydrogen) atoms. The van der Waals surface area contributed by atoms with Gasteiger partial charge < -0.3 is 4.98 Å². The largest absolute Gasteiger partial charge is 0.345 e. The van der Waals surface area contributed by atoms with Crippen molar-refractivity contribution in [2.24, 2.45) is 0 Å². The van der Waals surface area contributed by atoms with Gasteiger partial charge in [0, 0.05) is 48.1 Å². The number of hydrogen-bond donors (Lipinski definition) is 2. The molecule has 4 aromatic rings. The maximum Gasteiger partial charge on any atom is 0.301 e. The first-order valence-electron chi connectivity index (χ1n) is 10.5. The molecule has 0 unspecified atom stereocenters. The molecule has 0 amide bonds. The van der Waals surface area contributed by atoms with Gasteiger partial charge in [0.25, 0.3) is 0 Å². The van der Waals surface area contributed by atoms with E-state index in [0.29, 0.717) is 28.4 Å². The quantitative estimate of drug-likeness (QED) is 0.280. The Labute approximate surface area is 199 Å². The Hall–Kier alpha value is -3.96. The highest BCUT2D eigenvalue weighted by atomic mass is 32.2. The number of H-pyrrole nitrogens is 1. The first-order chi connectivity index (χ1) is 16.7. The Bertz CT molecular complexity index is 1550. The maximum atomic E-state index is 15.2. The lowest BCUT2D eigenvalue weighted by Crippen LogP contribution is -2.32. The number of rotatable bonds is 8. The summed E-state index contributed by atoms with van der Waals surface area (Å²) in [6, 6.07) is 10.1. The molecule has 8 nitrogen and oxygen atoms in total. The van der Waals surface area contributed by atoms with Gasteiger partial charge in [0.05, 0.1) is 11.3 Å². The average Bonchev–Trinajstić information content (AvgIpc) is 3.28. The molecule has 0 radical (unpaired) electrons. The minimum atomic E-state index is -4.10. The first kappa shape index (κ1) is 24.2. The van der Waals surface area contributed by atoms with Crippen molar-refractivity contribution in [3.8, 4) is 11.1 Å². The SMILES string of the molecule is CCN(C)S(=O)(=O)Nc1ccc(F)c(C(=O)c2c[nH]c3ncc(-c4ccc(C=O)cc4)cc23)c1F. The van der Waals surface area contributed by atoms with E-state index in [4.69, 9.17) is 0 Å². The van der Waals surface area contributed by atoms with Gasteiger partial charge >= 0.3 is 10.2 Å². The smallest absolute Gasteiger partial charge is 0.301 e. The van der Waals surface area contributed by atoms with Crippen molar-refractivity contribution in [1.82, 2.24) is 14.3 Å². The van der Waals surface area contributed by atoms with Gasteiger partial charge in [-0.05, 0) is 23.8 Å². The fraction of sp³-hybridized carbons (Fsp3) is 0.125. The molecule has 2 aromatic carbocycles. The van der Waals surface area contributed by atoms with Crippen LogP contribution in [0.3, 0.4) is 0 Å². The second-order valence-electron chi connectivity index (χ2n) is 7.70. The maximum absolute atomic E-state index is 15.2. The van der Waals surface area contributed by atoms with Gasteiger partial charge in [-0.15, -0.1) is 0 Å². The normalized spacial score (nSPS) is 11.7. The summed E-state index contributed by atoms with van der Waals surface area (Å²) in [7, 11) is -2.81. The van der Waals surface area contributed by atoms with E-state index in [1.807, 2.05) is 4.72 Å². The van der Waals surface area contributed by atoms with Gasteiger partial charge in [-0.3, -0.25) is 14.3 Å². The highest BCUT2D eigenvalue weighted by molar-refractivity contribution is 7.90. The lowest BCUT2D eigenvalue weighted by Gasteiger charge is -2.17. The van der Waals surface area contributed by atoms with Crippen LogP contribution in [0, 0.1) is 11.6 Å². The van der Waals surface area contributed by atoms with Crippen LogP contribution in [0.1, 0.15) is 33.2 Å². The molecule has 11 heteroatoms. The number of benzene rings is 2. The van der Waals surface area contributed by atoms with Crippen molar-refractivity contribution < 1.29 is 26.8 Å². The molecule has 0 saturated carbocycles. The van der Waals surface area contributed by atoms with Crippen LogP contribution in [-0.4, -0.2) is 48.4 Å². The van der Waals surface area contributed by atoms with Crippen LogP contribution in [-0.2, 0) is 10.2 Å². The van der Waals surface area contributed by atoms with Crippen LogP contribution in [0.5, 0.6) is 0 Å². The minimum Gasteiger partial charge on any atom is -0.345 e. The number of ketones is 1. The zero-order valence-electron chi connectivity index (χ0n) is 18.7. The number of aromatic amines is 1. The van der Waals surface area contributed by atoms with E-state index in [1.54, 1.807) is 43.5 Å². The molecule has 0 bridgehead atoms. The molecule has 4 rings (SSSR count). The summed E-state index contributed by atoms with van der Waals surface area (Å²) in [5.41, 5.74) is 0.667. The standard InChI is InChI=1S/C24H20F2N4O4S/c1-3-30(2)35(33,34)29-20-9-8-19(25)21(22(20)26)23(32)18-12-28-24-17(18)10-16(11-27-24)15-6-4-14(13-31)5-7-15/h4-13,29H,3H2,1-2H3,(H,27,28). The number of pyridine rings is 1. The Morgan fingerprint density at radius 3 is 2.51 bits per heavy atom. The van der Waals surface area contributed by atoms with Crippen molar-refractivity contribution in [3.05, 3.63) is 83.2 Å². The number of carbonyl (C=O) groups excluding carboxylic acids is 2.